The third-order valence-corrected chi connectivity index (χ3v) is 3.50. The maximum Gasteiger partial charge on any atom is 0.0110 e. The van der Waals surface area contributed by atoms with Gasteiger partial charge in [-0.2, -0.15) is 0 Å². The predicted molar refractivity (Wildman–Crippen MR) is 70.9 cm³/mol. The Morgan fingerprint density at radius 3 is 2.81 bits per heavy atom. The Labute approximate surface area is 101 Å². The van der Waals surface area contributed by atoms with E-state index in [1.807, 2.05) is 0 Å². The van der Waals surface area contributed by atoms with Crippen molar-refractivity contribution in [1.29, 1.82) is 0 Å². The van der Waals surface area contributed by atoms with Crippen LogP contribution in [0.4, 0.5) is 0 Å². The summed E-state index contributed by atoms with van der Waals surface area (Å²) in [4.78, 5) is 4.90. The highest BCUT2D eigenvalue weighted by Crippen LogP contribution is 2.18. The highest BCUT2D eigenvalue weighted by molar-refractivity contribution is 4.78. The molecule has 1 unspecified atom stereocenters. The fourth-order valence-electron chi connectivity index (χ4n) is 2.52. The topological polar surface area (TPSA) is 18.5 Å². The standard InChI is InChI=1S/C13H29N3/c1-4-13-7-5-11-16(13)12-9-14-8-6-10-15(2)3/h13-14H,4-12H2,1-3H3. The summed E-state index contributed by atoms with van der Waals surface area (Å²) in [6.07, 6.45) is 5.39. The van der Waals surface area contributed by atoms with E-state index in [0.29, 0.717) is 0 Å². The number of nitrogens with one attached hydrogen (secondary N) is 1. The van der Waals surface area contributed by atoms with Crippen LogP contribution in [0.5, 0.6) is 0 Å². The van der Waals surface area contributed by atoms with Crippen LogP contribution in [-0.4, -0.2) is 62.7 Å². The van der Waals surface area contributed by atoms with Crippen LogP contribution >= 0.6 is 0 Å². The van der Waals surface area contributed by atoms with E-state index in [9.17, 15) is 0 Å². The molecule has 1 rings (SSSR count). The van der Waals surface area contributed by atoms with Crippen molar-refractivity contribution in [2.45, 2.75) is 38.6 Å². The van der Waals surface area contributed by atoms with Gasteiger partial charge in [0.15, 0.2) is 0 Å². The Hall–Kier alpha value is -0.120. The molecule has 0 aromatic rings. The van der Waals surface area contributed by atoms with E-state index in [4.69, 9.17) is 0 Å². The molecule has 96 valence electrons. The largest absolute Gasteiger partial charge is 0.315 e. The number of hydrogen-bond donors (Lipinski definition) is 1. The van der Waals surface area contributed by atoms with Gasteiger partial charge in [0, 0.05) is 19.1 Å². The lowest BCUT2D eigenvalue weighted by atomic mass is 10.2. The van der Waals surface area contributed by atoms with Crippen LogP contribution in [0.15, 0.2) is 0 Å². The number of rotatable bonds is 8. The van der Waals surface area contributed by atoms with Crippen molar-refractivity contribution in [1.82, 2.24) is 15.1 Å². The minimum absolute atomic E-state index is 0.864. The average Bonchev–Trinajstić information content (AvgIpc) is 2.70. The van der Waals surface area contributed by atoms with Gasteiger partial charge < -0.3 is 10.2 Å². The molecule has 0 spiro atoms. The summed E-state index contributed by atoms with van der Waals surface area (Å²) in [5, 5.41) is 3.54. The monoisotopic (exact) mass is 227 g/mol. The Morgan fingerprint density at radius 1 is 1.31 bits per heavy atom. The summed E-state index contributed by atoms with van der Waals surface area (Å²) in [5.74, 6) is 0. The molecular weight excluding hydrogens is 198 g/mol. The number of nitrogens with zero attached hydrogens (tertiary/aromatic N) is 2. The zero-order valence-corrected chi connectivity index (χ0v) is 11.3. The van der Waals surface area contributed by atoms with Gasteiger partial charge in [0.2, 0.25) is 0 Å². The van der Waals surface area contributed by atoms with Crippen LogP contribution in [0.2, 0.25) is 0 Å². The second kappa shape index (κ2) is 8.04. The Morgan fingerprint density at radius 2 is 2.12 bits per heavy atom. The zero-order valence-electron chi connectivity index (χ0n) is 11.3. The van der Waals surface area contributed by atoms with Crippen molar-refractivity contribution >= 4 is 0 Å². The summed E-state index contributed by atoms with van der Waals surface area (Å²) in [5.41, 5.74) is 0. The van der Waals surface area contributed by atoms with E-state index >= 15 is 0 Å². The lowest BCUT2D eigenvalue weighted by Crippen LogP contribution is -2.36. The third-order valence-electron chi connectivity index (χ3n) is 3.50. The van der Waals surface area contributed by atoms with Crippen molar-refractivity contribution < 1.29 is 0 Å². The summed E-state index contributed by atoms with van der Waals surface area (Å²) in [7, 11) is 4.27. The van der Waals surface area contributed by atoms with Gasteiger partial charge in [-0.3, -0.25) is 4.90 Å². The van der Waals surface area contributed by atoms with Crippen molar-refractivity contribution in [3.63, 3.8) is 0 Å². The molecule has 0 aromatic carbocycles. The van der Waals surface area contributed by atoms with Gasteiger partial charge in [-0.1, -0.05) is 6.92 Å². The first-order valence-electron chi connectivity index (χ1n) is 6.83. The zero-order chi connectivity index (χ0) is 11.8. The van der Waals surface area contributed by atoms with Crippen molar-refractivity contribution in [3.8, 4) is 0 Å². The Kier molecular flexibility index (Phi) is 7.01. The molecule has 1 N–H and O–H groups in total. The van der Waals surface area contributed by atoms with E-state index in [-0.39, 0.29) is 0 Å². The average molecular weight is 227 g/mol. The molecule has 3 nitrogen and oxygen atoms in total. The number of hydrogen-bond acceptors (Lipinski definition) is 3. The Balaban J connectivity index is 1.94. The molecule has 0 aliphatic carbocycles. The SMILES string of the molecule is CCC1CCCN1CCNCCCN(C)C. The third kappa shape index (κ3) is 5.28. The van der Waals surface area contributed by atoms with Gasteiger partial charge in [0.25, 0.3) is 0 Å². The van der Waals surface area contributed by atoms with Gasteiger partial charge in [0.1, 0.15) is 0 Å². The molecule has 1 saturated heterocycles. The molecule has 0 aromatic heterocycles. The summed E-state index contributed by atoms with van der Waals surface area (Å²) < 4.78 is 0. The highest BCUT2D eigenvalue weighted by Gasteiger charge is 2.21. The van der Waals surface area contributed by atoms with Gasteiger partial charge in [-0.05, 0) is 59.4 Å². The fraction of sp³-hybridized carbons (Fsp3) is 1.00. The normalized spacial score (nSPS) is 22.1. The van der Waals surface area contributed by atoms with Crippen LogP contribution < -0.4 is 5.32 Å². The Bertz CT molecular complexity index is 171. The maximum absolute atomic E-state index is 3.54. The minimum atomic E-state index is 0.864. The first-order valence-corrected chi connectivity index (χ1v) is 6.83. The molecule has 0 bridgehead atoms. The second-order valence-electron chi connectivity index (χ2n) is 5.15. The van der Waals surface area contributed by atoms with E-state index in [0.717, 1.165) is 19.1 Å². The molecule has 1 atom stereocenters. The van der Waals surface area contributed by atoms with Crippen LogP contribution in [-0.2, 0) is 0 Å². The fourth-order valence-corrected chi connectivity index (χ4v) is 2.52. The molecular formula is C13H29N3. The molecule has 1 fully saturated rings. The smallest absolute Gasteiger partial charge is 0.0110 e. The minimum Gasteiger partial charge on any atom is -0.315 e. The molecule has 0 amide bonds. The first-order chi connectivity index (χ1) is 7.74. The van der Waals surface area contributed by atoms with E-state index < -0.39 is 0 Å². The molecule has 1 aliphatic rings. The van der Waals surface area contributed by atoms with Crippen LogP contribution in [0, 0.1) is 0 Å². The lowest BCUT2D eigenvalue weighted by Gasteiger charge is -2.23. The summed E-state index contributed by atoms with van der Waals surface area (Å²) in [6, 6.07) is 0.864. The highest BCUT2D eigenvalue weighted by atomic mass is 15.2. The molecule has 0 saturated carbocycles. The van der Waals surface area contributed by atoms with Gasteiger partial charge >= 0.3 is 0 Å². The van der Waals surface area contributed by atoms with Gasteiger partial charge in [-0.15, -0.1) is 0 Å². The van der Waals surface area contributed by atoms with Crippen LogP contribution in [0.3, 0.4) is 0 Å². The van der Waals surface area contributed by atoms with Crippen LogP contribution in [0.1, 0.15) is 32.6 Å². The molecule has 1 aliphatic heterocycles. The van der Waals surface area contributed by atoms with Crippen molar-refractivity contribution in [2.75, 3.05) is 46.8 Å². The lowest BCUT2D eigenvalue weighted by molar-refractivity contribution is 0.248. The predicted octanol–water partition coefficient (Wildman–Crippen LogP) is 1.40. The van der Waals surface area contributed by atoms with Crippen molar-refractivity contribution in [2.24, 2.45) is 0 Å². The molecule has 0 radical (unpaired) electrons. The second-order valence-corrected chi connectivity index (χ2v) is 5.15. The maximum atomic E-state index is 3.54. The van der Waals surface area contributed by atoms with Crippen molar-refractivity contribution in [3.05, 3.63) is 0 Å². The molecule has 1 heterocycles. The molecule has 16 heavy (non-hydrogen) atoms. The quantitative estimate of drug-likeness (QED) is 0.632. The first kappa shape index (κ1) is 13.9. The van der Waals surface area contributed by atoms with E-state index in [1.54, 1.807) is 0 Å². The van der Waals surface area contributed by atoms with Gasteiger partial charge in [-0.25, -0.2) is 0 Å². The van der Waals surface area contributed by atoms with Crippen LogP contribution in [0.25, 0.3) is 0 Å². The summed E-state index contributed by atoms with van der Waals surface area (Å²) >= 11 is 0. The number of likely N-dealkylation sites (tertiary alicyclic amines) is 1. The van der Waals surface area contributed by atoms with Gasteiger partial charge in [0.05, 0.1) is 0 Å². The van der Waals surface area contributed by atoms with E-state index in [1.165, 1.54) is 45.3 Å². The molecule has 3 heteroatoms. The van der Waals surface area contributed by atoms with E-state index in [2.05, 4.69) is 36.1 Å². The summed E-state index contributed by atoms with van der Waals surface area (Å²) in [6.45, 7) is 8.37.